The molecule has 29 heavy (non-hydrogen) atoms. The number of hydrogen-bond donors (Lipinski definition) is 2. The minimum atomic E-state index is 0.333. The number of nitrogens with zero attached hydrogens (tertiary/aromatic N) is 3. The Kier molecular flexibility index (Phi) is 7.65. The van der Waals surface area contributed by atoms with E-state index in [9.17, 15) is 0 Å². The molecule has 5 nitrogen and oxygen atoms in total. The van der Waals surface area contributed by atoms with Gasteiger partial charge in [-0.25, -0.2) is 0 Å². The van der Waals surface area contributed by atoms with Crippen molar-refractivity contribution in [3.63, 3.8) is 0 Å². The molecule has 2 aliphatic heterocycles. The average molecular weight is 436 g/mol. The number of hydrogen-bond acceptors (Lipinski definition) is 5. The predicted octanol–water partition coefficient (Wildman–Crippen LogP) is 3.63. The molecule has 0 radical (unpaired) electrons. The highest BCUT2D eigenvalue weighted by molar-refractivity contribution is 7.99. The lowest BCUT2D eigenvalue weighted by molar-refractivity contribution is 0.0625. The molecule has 1 aromatic rings. The van der Waals surface area contributed by atoms with Gasteiger partial charge in [0.05, 0.1) is 5.00 Å². The average Bonchev–Trinajstić information content (AvgIpc) is 3.33. The smallest absolute Gasteiger partial charge is 0.191 e. The van der Waals surface area contributed by atoms with Crippen LogP contribution in [-0.2, 0) is 0 Å². The molecule has 0 atom stereocenters. The maximum absolute atomic E-state index is 4.57. The third kappa shape index (κ3) is 5.42. The van der Waals surface area contributed by atoms with Crippen molar-refractivity contribution >= 4 is 34.1 Å². The van der Waals surface area contributed by atoms with Gasteiger partial charge >= 0.3 is 0 Å². The molecule has 3 fully saturated rings. The van der Waals surface area contributed by atoms with E-state index in [1.54, 1.807) is 0 Å². The van der Waals surface area contributed by atoms with Gasteiger partial charge in [-0.15, -0.1) is 11.3 Å². The first-order valence-corrected chi connectivity index (χ1v) is 13.4. The van der Waals surface area contributed by atoms with Crippen molar-refractivity contribution in [3.8, 4) is 0 Å². The molecule has 1 aliphatic carbocycles. The van der Waals surface area contributed by atoms with Gasteiger partial charge in [0.15, 0.2) is 5.96 Å². The van der Waals surface area contributed by atoms with Crippen LogP contribution < -0.4 is 15.5 Å². The molecule has 2 N–H and O–H groups in total. The van der Waals surface area contributed by atoms with Gasteiger partial charge in [-0.1, -0.05) is 19.3 Å². The number of nitrogens with one attached hydrogen (secondary N) is 2. The fourth-order valence-electron chi connectivity index (χ4n) is 5.18. The number of thioether (sulfide) groups is 1. The minimum Gasteiger partial charge on any atom is -0.363 e. The van der Waals surface area contributed by atoms with E-state index in [-0.39, 0.29) is 0 Å². The van der Waals surface area contributed by atoms with Crippen LogP contribution in [0.2, 0.25) is 0 Å². The van der Waals surface area contributed by atoms with Gasteiger partial charge in [0.25, 0.3) is 0 Å². The van der Waals surface area contributed by atoms with Crippen LogP contribution in [-0.4, -0.2) is 73.7 Å². The molecule has 3 heterocycles. The molecule has 1 saturated carbocycles. The highest BCUT2D eigenvalue weighted by atomic mass is 32.2. The zero-order valence-electron chi connectivity index (χ0n) is 17.9. The standard InChI is InChI=1S/C22H37N5S2/c1-23-21(25-19-7-11-26(12-8-19)20-6-5-15-29-20)24-18-22(9-3-2-4-10-22)27-13-16-28-17-14-27/h5-6,15,19H,2-4,7-14,16-18H2,1H3,(H2,23,24,25). The summed E-state index contributed by atoms with van der Waals surface area (Å²) in [6.07, 6.45) is 9.17. The summed E-state index contributed by atoms with van der Waals surface area (Å²) in [5, 5.41) is 11.0. The third-order valence-electron chi connectivity index (χ3n) is 6.93. The zero-order chi connectivity index (χ0) is 19.9. The lowest BCUT2D eigenvalue weighted by Crippen LogP contribution is -2.60. The Morgan fingerprint density at radius 3 is 2.55 bits per heavy atom. The van der Waals surface area contributed by atoms with Crippen LogP contribution in [0.3, 0.4) is 0 Å². The highest BCUT2D eigenvalue weighted by Gasteiger charge is 2.38. The van der Waals surface area contributed by atoms with E-state index < -0.39 is 0 Å². The van der Waals surface area contributed by atoms with Gasteiger partial charge in [-0.3, -0.25) is 9.89 Å². The van der Waals surface area contributed by atoms with Crippen molar-refractivity contribution in [2.45, 2.75) is 56.5 Å². The molecule has 7 heteroatoms. The fourth-order valence-corrected chi connectivity index (χ4v) is 6.87. The second-order valence-corrected chi connectivity index (χ2v) is 10.8. The van der Waals surface area contributed by atoms with E-state index in [0.29, 0.717) is 11.6 Å². The van der Waals surface area contributed by atoms with Crippen molar-refractivity contribution in [2.75, 3.05) is 56.2 Å². The Morgan fingerprint density at radius 2 is 1.90 bits per heavy atom. The van der Waals surface area contributed by atoms with Crippen LogP contribution in [0.4, 0.5) is 5.00 Å². The number of thiophene rings is 1. The van der Waals surface area contributed by atoms with E-state index in [0.717, 1.165) is 25.6 Å². The second kappa shape index (κ2) is 10.4. The molecular weight excluding hydrogens is 398 g/mol. The first kappa shape index (κ1) is 21.3. The molecule has 2 saturated heterocycles. The first-order valence-electron chi connectivity index (χ1n) is 11.4. The number of aliphatic imine (C=N–C) groups is 1. The minimum absolute atomic E-state index is 0.333. The summed E-state index contributed by atoms with van der Waals surface area (Å²) in [6, 6.07) is 4.91. The Hall–Kier alpha value is -0.920. The van der Waals surface area contributed by atoms with Crippen molar-refractivity contribution in [1.82, 2.24) is 15.5 Å². The van der Waals surface area contributed by atoms with Crippen molar-refractivity contribution < 1.29 is 0 Å². The summed E-state index contributed by atoms with van der Waals surface area (Å²) in [6.45, 7) is 5.79. The van der Waals surface area contributed by atoms with Gasteiger partial charge < -0.3 is 15.5 Å². The quantitative estimate of drug-likeness (QED) is 0.546. The van der Waals surface area contributed by atoms with Gasteiger partial charge in [-0.2, -0.15) is 11.8 Å². The SMILES string of the molecule is CN=C(NCC1(N2CCSCC2)CCCCC1)NC1CCN(c2cccs2)CC1. The first-order chi connectivity index (χ1) is 14.3. The van der Waals surface area contributed by atoms with Gasteiger partial charge in [0, 0.05) is 62.9 Å². The van der Waals surface area contributed by atoms with Crippen LogP contribution in [0.5, 0.6) is 0 Å². The van der Waals surface area contributed by atoms with E-state index in [1.165, 1.54) is 74.5 Å². The summed E-state index contributed by atoms with van der Waals surface area (Å²) in [5.41, 5.74) is 0.333. The molecular formula is C22H37N5S2. The molecule has 3 aliphatic rings. The number of piperidine rings is 1. The largest absolute Gasteiger partial charge is 0.363 e. The number of rotatable bonds is 5. The zero-order valence-corrected chi connectivity index (χ0v) is 19.5. The molecule has 0 bridgehead atoms. The van der Waals surface area contributed by atoms with Crippen molar-refractivity contribution in [1.29, 1.82) is 0 Å². The summed E-state index contributed by atoms with van der Waals surface area (Å²) in [4.78, 5) is 9.88. The van der Waals surface area contributed by atoms with E-state index in [2.05, 4.69) is 54.7 Å². The molecule has 1 aromatic heterocycles. The Morgan fingerprint density at radius 1 is 1.14 bits per heavy atom. The molecule has 0 unspecified atom stereocenters. The lowest BCUT2D eigenvalue weighted by Gasteiger charge is -2.48. The van der Waals surface area contributed by atoms with E-state index >= 15 is 0 Å². The maximum Gasteiger partial charge on any atom is 0.191 e. The molecule has 0 spiro atoms. The molecule has 4 rings (SSSR count). The van der Waals surface area contributed by atoms with E-state index in [1.807, 2.05) is 18.4 Å². The molecule has 162 valence electrons. The number of guanidine groups is 1. The van der Waals surface area contributed by atoms with Crippen molar-refractivity contribution in [2.24, 2.45) is 4.99 Å². The number of anilines is 1. The van der Waals surface area contributed by atoms with Crippen LogP contribution in [0.1, 0.15) is 44.9 Å². The van der Waals surface area contributed by atoms with Gasteiger partial charge in [0.2, 0.25) is 0 Å². The summed E-state index contributed by atoms with van der Waals surface area (Å²) in [5.74, 6) is 3.57. The Labute approximate surface area is 184 Å². The summed E-state index contributed by atoms with van der Waals surface area (Å²) < 4.78 is 0. The van der Waals surface area contributed by atoms with Crippen LogP contribution in [0.15, 0.2) is 22.5 Å². The topological polar surface area (TPSA) is 42.9 Å². The van der Waals surface area contributed by atoms with E-state index in [4.69, 9.17) is 0 Å². The lowest BCUT2D eigenvalue weighted by atomic mass is 9.80. The highest BCUT2D eigenvalue weighted by Crippen LogP contribution is 2.35. The molecule has 0 amide bonds. The summed E-state index contributed by atoms with van der Waals surface area (Å²) in [7, 11) is 1.92. The Balaban J connectivity index is 1.29. The van der Waals surface area contributed by atoms with Crippen molar-refractivity contribution in [3.05, 3.63) is 17.5 Å². The van der Waals surface area contributed by atoms with Crippen LogP contribution in [0.25, 0.3) is 0 Å². The Bertz CT molecular complexity index is 628. The maximum atomic E-state index is 4.57. The van der Waals surface area contributed by atoms with Gasteiger partial charge in [-0.05, 0) is 43.2 Å². The predicted molar refractivity (Wildman–Crippen MR) is 129 cm³/mol. The van der Waals surface area contributed by atoms with Crippen LogP contribution in [0, 0.1) is 0 Å². The monoisotopic (exact) mass is 435 g/mol. The van der Waals surface area contributed by atoms with Crippen LogP contribution >= 0.6 is 23.1 Å². The fraction of sp³-hybridized carbons (Fsp3) is 0.773. The summed E-state index contributed by atoms with van der Waals surface area (Å²) >= 11 is 3.96. The third-order valence-corrected chi connectivity index (χ3v) is 8.80. The van der Waals surface area contributed by atoms with Gasteiger partial charge in [0.1, 0.15) is 0 Å². The second-order valence-electron chi connectivity index (χ2n) is 8.67. The normalized spacial score (nSPS) is 24.4. The molecule has 0 aromatic carbocycles.